The van der Waals surface area contributed by atoms with Crippen LogP contribution < -0.4 is 0 Å². The number of aromatic nitrogens is 1. The average molecular weight is 180 g/mol. The maximum atomic E-state index is 3.78. The van der Waals surface area contributed by atoms with E-state index in [-0.39, 0.29) is 19.5 Å². The number of hydrogen-bond donors (Lipinski definition) is 0. The molecule has 1 nitrogen and oxygen atoms in total. The molecule has 0 amide bonds. The quantitative estimate of drug-likeness (QED) is 0.544. The van der Waals surface area contributed by atoms with Crippen molar-refractivity contribution in [2.75, 3.05) is 0 Å². The molecule has 0 N–H and O–H groups in total. The molecule has 0 fully saturated rings. The van der Waals surface area contributed by atoms with Crippen molar-refractivity contribution >= 4 is 0 Å². The van der Waals surface area contributed by atoms with Gasteiger partial charge in [-0.1, -0.05) is 6.07 Å². The van der Waals surface area contributed by atoms with Crippen LogP contribution in [0.2, 0.25) is 0 Å². The van der Waals surface area contributed by atoms with Gasteiger partial charge in [0.2, 0.25) is 0 Å². The topological polar surface area (TPSA) is 12.9 Å². The summed E-state index contributed by atoms with van der Waals surface area (Å²) in [5, 5.41) is 0. The van der Waals surface area contributed by atoms with Crippen LogP contribution in [-0.4, -0.2) is 4.98 Å². The summed E-state index contributed by atoms with van der Waals surface area (Å²) in [6, 6.07) is 5.72. The van der Waals surface area contributed by atoms with Crippen LogP contribution in [0, 0.1) is 0 Å². The standard InChI is InChI=1S/C5H5N.Ru/c1-2-4-6-5-3-1;/h1-5H;/q;+2. The number of nitrogens with zero attached hydrogens (tertiary/aromatic N) is 1. The normalized spacial score (nSPS) is 6.86. The van der Waals surface area contributed by atoms with Gasteiger partial charge in [-0.2, -0.15) is 0 Å². The third kappa shape index (κ3) is 2.47. The SMILES string of the molecule is [Ru+2].c1ccncc1. The van der Waals surface area contributed by atoms with E-state index in [4.69, 9.17) is 0 Å². The van der Waals surface area contributed by atoms with Gasteiger partial charge in [-0.05, 0) is 12.1 Å². The first-order valence-electron chi connectivity index (χ1n) is 1.85. The molecule has 0 spiro atoms. The van der Waals surface area contributed by atoms with Gasteiger partial charge in [-0.25, -0.2) is 0 Å². The Morgan fingerprint density at radius 2 is 1.43 bits per heavy atom. The van der Waals surface area contributed by atoms with Gasteiger partial charge in [0.1, 0.15) is 0 Å². The van der Waals surface area contributed by atoms with Gasteiger partial charge in [0.25, 0.3) is 0 Å². The molecule has 2 heteroatoms. The first-order valence-corrected chi connectivity index (χ1v) is 1.85. The second-order valence-corrected chi connectivity index (χ2v) is 1.02. The minimum atomic E-state index is 0. The van der Waals surface area contributed by atoms with Crippen LogP contribution in [0.1, 0.15) is 0 Å². The molecule has 0 radical (unpaired) electrons. The summed E-state index contributed by atoms with van der Waals surface area (Å²) in [5.74, 6) is 0. The Kier molecular flexibility index (Phi) is 3.82. The van der Waals surface area contributed by atoms with Gasteiger partial charge in [-0.3, -0.25) is 4.98 Å². The van der Waals surface area contributed by atoms with E-state index in [9.17, 15) is 0 Å². The number of hydrogen-bond acceptors (Lipinski definition) is 1. The van der Waals surface area contributed by atoms with E-state index in [2.05, 4.69) is 4.98 Å². The third-order valence-electron chi connectivity index (χ3n) is 0.566. The van der Waals surface area contributed by atoms with Gasteiger partial charge in [0.05, 0.1) is 0 Å². The zero-order chi connectivity index (χ0) is 4.24. The van der Waals surface area contributed by atoms with Crippen LogP contribution in [0.15, 0.2) is 30.6 Å². The van der Waals surface area contributed by atoms with Crippen LogP contribution in [0.5, 0.6) is 0 Å². The molecule has 0 aliphatic heterocycles. The Bertz CT molecular complexity index is 80.0. The van der Waals surface area contributed by atoms with Crippen LogP contribution in [0.3, 0.4) is 0 Å². The summed E-state index contributed by atoms with van der Waals surface area (Å²) >= 11 is 0. The van der Waals surface area contributed by atoms with Crippen LogP contribution in [-0.2, 0) is 19.5 Å². The smallest absolute Gasteiger partial charge is 0.265 e. The average Bonchev–Trinajstić information content (AvgIpc) is 1.72. The Balaban J connectivity index is 0.000000360. The molecule has 1 aromatic rings. The predicted octanol–water partition coefficient (Wildman–Crippen LogP) is 1.08. The van der Waals surface area contributed by atoms with E-state index >= 15 is 0 Å². The molecule has 0 aliphatic rings. The number of pyridine rings is 1. The monoisotopic (exact) mass is 181 g/mol. The molecule has 0 bridgehead atoms. The minimum absolute atomic E-state index is 0. The molecular weight excluding hydrogens is 175 g/mol. The van der Waals surface area contributed by atoms with Crippen LogP contribution >= 0.6 is 0 Å². The van der Waals surface area contributed by atoms with E-state index in [0.717, 1.165) is 0 Å². The van der Waals surface area contributed by atoms with Crippen LogP contribution in [0.25, 0.3) is 0 Å². The van der Waals surface area contributed by atoms with Gasteiger partial charge in [0, 0.05) is 12.4 Å². The summed E-state index contributed by atoms with van der Waals surface area (Å²) in [4.78, 5) is 3.78. The van der Waals surface area contributed by atoms with E-state index in [1.165, 1.54) is 0 Å². The summed E-state index contributed by atoms with van der Waals surface area (Å²) in [5.41, 5.74) is 0. The Hall–Kier alpha value is -0.227. The Labute approximate surface area is 55.5 Å². The molecule has 1 aromatic heterocycles. The van der Waals surface area contributed by atoms with Crippen molar-refractivity contribution in [2.24, 2.45) is 0 Å². The Morgan fingerprint density at radius 1 is 0.857 bits per heavy atom. The molecule has 1 rings (SSSR count). The molecule has 0 atom stereocenters. The van der Waals surface area contributed by atoms with Crippen LogP contribution in [0.4, 0.5) is 0 Å². The van der Waals surface area contributed by atoms with Gasteiger partial charge in [-0.15, -0.1) is 0 Å². The molecule has 0 aromatic carbocycles. The number of rotatable bonds is 0. The fourth-order valence-electron chi connectivity index (χ4n) is 0.313. The van der Waals surface area contributed by atoms with Crippen molar-refractivity contribution in [3.05, 3.63) is 30.6 Å². The van der Waals surface area contributed by atoms with Gasteiger partial charge in [0.15, 0.2) is 0 Å². The van der Waals surface area contributed by atoms with E-state index in [0.29, 0.717) is 0 Å². The molecule has 36 valence electrons. The van der Waals surface area contributed by atoms with E-state index < -0.39 is 0 Å². The first-order chi connectivity index (χ1) is 3.00. The van der Waals surface area contributed by atoms with Crippen molar-refractivity contribution in [3.8, 4) is 0 Å². The minimum Gasteiger partial charge on any atom is -0.265 e. The molecule has 0 saturated heterocycles. The maximum Gasteiger partial charge on any atom is 2.00 e. The summed E-state index contributed by atoms with van der Waals surface area (Å²) < 4.78 is 0. The fraction of sp³-hybridized carbons (Fsp3) is 0. The zero-order valence-electron chi connectivity index (χ0n) is 3.69. The fourth-order valence-corrected chi connectivity index (χ4v) is 0.313. The second-order valence-electron chi connectivity index (χ2n) is 1.02. The first kappa shape index (κ1) is 6.77. The summed E-state index contributed by atoms with van der Waals surface area (Å²) in [7, 11) is 0. The molecule has 7 heavy (non-hydrogen) atoms. The zero-order valence-corrected chi connectivity index (χ0v) is 5.43. The van der Waals surface area contributed by atoms with Gasteiger partial charge < -0.3 is 0 Å². The third-order valence-corrected chi connectivity index (χ3v) is 0.566. The van der Waals surface area contributed by atoms with Gasteiger partial charge >= 0.3 is 19.5 Å². The van der Waals surface area contributed by atoms with E-state index in [1.807, 2.05) is 18.2 Å². The maximum absolute atomic E-state index is 3.78. The second kappa shape index (κ2) is 3.95. The van der Waals surface area contributed by atoms with Crippen molar-refractivity contribution in [1.82, 2.24) is 4.98 Å². The molecule has 1 heterocycles. The summed E-state index contributed by atoms with van der Waals surface area (Å²) in [6.07, 6.45) is 3.50. The van der Waals surface area contributed by atoms with Crippen molar-refractivity contribution in [2.45, 2.75) is 0 Å². The Morgan fingerprint density at radius 3 is 1.57 bits per heavy atom. The molecule has 0 saturated carbocycles. The van der Waals surface area contributed by atoms with Crippen molar-refractivity contribution in [3.63, 3.8) is 0 Å². The van der Waals surface area contributed by atoms with Crippen molar-refractivity contribution in [1.29, 1.82) is 0 Å². The van der Waals surface area contributed by atoms with E-state index in [1.54, 1.807) is 12.4 Å². The largest absolute Gasteiger partial charge is 2.00 e. The molecular formula is C5H5NRu+2. The molecule has 0 unspecified atom stereocenters. The van der Waals surface area contributed by atoms with Crippen molar-refractivity contribution < 1.29 is 19.5 Å². The summed E-state index contributed by atoms with van der Waals surface area (Å²) in [6.45, 7) is 0. The molecule has 0 aliphatic carbocycles. The predicted molar refractivity (Wildman–Crippen MR) is 24.2 cm³/mol.